The van der Waals surface area contributed by atoms with Crippen molar-refractivity contribution < 1.29 is 19.2 Å². The van der Waals surface area contributed by atoms with Crippen molar-refractivity contribution >= 4 is 5.91 Å². The van der Waals surface area contributed by atoms with Crippen LogP contribution in [0.2, 0.25) is 0 Å². The number of likely N-dealkylation sites (tertiary alicyclic amines) is 1. The molecule has 1 fully saturated rings. The summed E-state index contributed by atoms with van der Waals surface area (Å²) < 4.78 is 11.3. The highest BCUT2D eigenvalue weighted by Gasteiger charge is 2.46. The van der Waals surface area contributed by atoms with Crippen molar-refractivity contribution in [2.45, 2.75) is 51.2 Å². The molecule has 1 saturated heterocycles. The average Bonchev–Trinajstić information content (AvgIpc) is 3.49. The second-order valence-corrected chi connectivity index (χ2v) is 9.04. The molecule has 0 bridgehead atoms. The number of ether oxygens (including phenoxy) is 1. The van der Waals surface area contributed by atoms with Gasteiger partial charge in [0.2, 0.25) is 17.6 Å². The van der Waals surface area contributed by atoms with Crippen LogP contribution in [0.1, 0.15) is 55.7 Å². The highest BCUT2D eigenvalue weighted by atomic mass is 16.5. The summed E-state index contributed by atoms with van der Waals surface area (Å²) >= 11 is 0. The van der Waals surface area contributed by atoms with E-state index in [4.69, 9.17) is 9.26 Å². The minimum Gasteiger partial charge on any atom is -0.490 e. The zero-order chi connectivity index (χ0) is 23.1. The van der Waals surface area contributed by atoms with Gasteiger partial charge in [0.25, 0.3) is 0 Å². The predicted molar refractivity (Wildman–Crippen MR) is 118 cm³/mol. The molecule has 1 aromatic carbocycles. The van der Waals surface area contributed by atoms with Crippen molar-refractivity contribution in [2.75, 3.05) is 13.2 Å². The van der Waals surface area contributed by atoms with Gasteiger partial charge in [-0.1, -0.05) is 29.4 Å². The van der Waals surface area contributed by atoms with E-state index in [1.807, 2.05) is 38.1 Å². The van der Waals surface area contributed by atoms with E-state index in [0.29, 0.717) is 42.4 Å². The summed E-state index contributed by atoms with van der Waals surface area (Å²) in [6.07, 6.45) is 5.45. The van der Waals surface area contributed by atoms with Crippen molar-refractivity contribution in [3.63, 3.8) is 0 Å². The third-order valence-electron chi connectivity index (χ3n) is 6.58. The first kappa shape index (κ1) is 21.4. The lowest BCUT2D eigenvalue weighted by Crippen LogP contribution is -2.30. The van der Waals surface area contributed by atoms with Gasteiger partial charge in [-0.15, -0.1) is 0 Å². The average molecular weight is 447 g/mol. The number of rotatable bonds is 6. The molecule has 8 nitrogen and oxygen atoms in total. The maximum absolute atomic E-state index is 12.4. The van der Waals surface area contributed by atoms with Crippen molar-refractivity contribution in [3.05, 3.63) is 58.7 Å². The number of fused-ring (bicyclic) bond motifs is 3. The molecule has 8 heteroatoms. The van der Waals surface area contributed by atoms with E-state index in [1.165, 1.54) is 0 Å². The number of aromatic nitrogens is 2. The summed E-state index contributed by atoms with van der Waals surface area (Å²) in [4.78, 5) is 18.9. The highest BCUT2D eigenvalue weighted by Crippen LogP contribution is 2.49. The summed E-state index contributed by atoms with van der Waals surface area (Å²) in [5.41, 5.74) is 3.72. The molecule has 1 aromatic heterocycles. The standard InChI is InChI=1S/C25H26N4O4/c1-14(2)32-21-7-6-15(10-17(21)13-26)25-27-24(28-33-25)19-5-3-4-18-20(19)11-16-12-22(31)29(8-9-30)23(16)18/h3-7,14-16,23,30H,8-12H2,1-2H3. The molecular formula is C25H26N4O4. The first-order chi connectivity index (χ1) is 16.0. The minimum absolute atomic E-state index is 0.00467. The number of nitrogens with zero attached hydrogens (tertiary/aromatic N) is 4. The number of β-amino-alcohol motifs (C(OH)–C–C–N with tert-alkyl or cyclic N) is 1. The van der Waals surface area contributed by atoms with E-state index in [-0.39, 0.29) is 36.5 Å². The number of amides is 1. The van der Waals surface area contributed by atoms with Crippen LogP contribution >= 0.6 is 0 Å². The SMILES string of the molecule is CC(C)OC1=C(C#N)CC(c2nc(-c3cccc4c3CC3CC(=O)N(CCO)C43)no2)C=C1. The Morgan fingerprint density at radius 2 is 2.18 bits per heavy atom. The number of allylic oxidation sites excluding steroid dienone is 3. The number of hydrogen-bond donors (Lipinski definition) is 1. The normalized spacial score (nSPS) is 23.8. The van der Waals surface area contributed by atoms with E-state index < -0.39 is 0 Å². The number of carbonyl (C=O) groups is 1. The van der Waals surface area contributed by atoms with Gasteiger partial charge in [-0.3, -0.25) is 4.79 Å². The third kappa shape index (κ3) is 3.72. The lowest BCUT2D eigenvalue weighted by molar-refractivity contribution is -0.129. The van der Waals surface area contributed by atoms with Crippen LogP contribution in [-0.2, 0) is 16.0 Å². The van der Waals surface area contributed by atoms with Crippen LogP contribution in [0.5, 0.6) is 0 Å². The van der Waals surface area contributed by atoms with E-state index in [1.54, 1.807) is 4.90 Å². The summed E-state index contributed by atoms with van der Waals surface area (Å²) in [5.74, 6) is 1.69. The third-order valence-corrected chi connectivity index (χ3v) is 6.58. The van der Waals surface area contributed by atoms with Crippen molar-refractivity contribution in [1.29, 1.82) is 5.26 Å². The molecule has 3 unspecified atom stereocenters. The van der Waals surface area contributed by atoms with Gasteiger partial charge in [-0.25, -0.2) is 0 Å². The van der Waals surface area contributed by atoms with Crippen LogP contribution in [0, 0.1) is 17.2 Å². The molecule has 1 amide bonds. The van der Waals surface area contributed by atoms with Crippen LogP contribution < -0.4 is 0 Å². The minimum atomic E-state index is -0.186. The fourth-order valence-corrected chi connectivity index (χ4v) is 5.24. The van der Waals surface area contributed by atoms with Crippen LogP contribution in [0.25, 0.3) is 11.4 Å². The largest absolute Gasteiger partial charge is 0.490 e. The fraction of sp³-hybridized carbons (Fsp3) is 0.440. The number of benzene rings is 1. The molecule has 2 aliphatic carbocycles. The van der Waals surface area contributed by atoms with Crippen molar-refractivity contribution in [1.82, 2.24) is 15.0 Å². The smallest absolute Gasteiger partial charge is 0.234 e. The van der Waals surface area contributed by atoms with Gasteiger partial charge in [-0.05, 0) is 43.4 Å². The Balaban J connectivity index is 1.41. The number of nitriles is 1. The molecule has 3 aliphatic rings. The summed E-state index contributed by atoms with van der Waals surface area (Å²) in [6, 6.07) is 8.23. The van der Waals surface area contributed by atoms with Crippen LogP contribution in [0.15, 0.2) is 46.2 Å². The molecule has 0 spiro atoms. The maximum Gasteiger partial charge on any atom is 0.234 e. The molecule has 0 radical (unpaired) electrons. The van der Waals surface area contributed by atoms with Gasteiger partial charge in [0.15, 0.2) is 0 Å². The fourth-order valence-electron chi connectivity index (χ4n) is 5.24. The second-order valence-electron chi connectivity index (χ2n) is 9.04. The Morgan fingerprint density at radius 1 is 1.33 bits per heavy atom. The van der Waals surface area contributed by atoms with Crippen molar-refractivity contribution in [2.24, 2.45) is 5.92 Å². The monoisotopic (exact) mass is 446 g/mol. The quantitative estimate of drug-likeness (QED) is 0.723. The first-order valence-corrected chi connectivity index (χ1v) is 11.3. The van der Waals surface area contributed by atoms with Gasteiger partial charge < -0.3 is 19.3 Å². The Kier molecular flexibility index (Phi) is 5.51. The predicted octanol–water partition coefficient (Wildman–Crippen LogP) is 3.42. The van der Waals surface area contributed by atoms with Gasteiger partial charge in [0.1, 0.15) is 5.76 Å². The van der Waals surface area contributed by atoms with Gasteiger partial charge in [-0.2, -0.15) is 10.2 Å². The topological polar surface area (TPSA) is 112 Å². The number of aliphatic hydroxyl groups is 1. The Labute approximate surface area is 192 Å². The number of carbonyl (C=O) groups excluding carboxylic acids is 1. The zero-order valence-electron chi connectivity index (χ0n) is 18.7. The highest BCUT2D eigenvalue weighted by molar-refractivity contribution is 5.81. The Hall–Kier alpha value is -3.44. The van der Waals surface area contributed by atoms with Crippen LogP contribution in [0.4, 0.5) is 0 Å². The molecule has 0 saturated carbocycles. The molecule has 33 heavy (non-hydrogen) atoms. The van der Waals surface area contributed by atoms with E-state index in [9.17, 15) is 15.2 Å². The second kappa shape index (κ2) is 8.49. The molecular weight excluding hydrogens is 420 g/mol. The van der Waals surface area contributed by atoms with Gasteiger partial charge >= 0.3 is 0 Å². The summed E-state index contributed by atoms with van der Waals surface area (Å²) in [6.45, 7) is 4.16. The number of hydrogen-bond acceptors (Lipinski definition) is 7. The zero-order valence-corrected chi connectivity index (χ0v) is 18.7. The molecule has 1 aliphatic heterocycles. The lowest BCUT2D eigenvalue weighted by Gasteiger charge is -2.24. The molecule has 2 aromatic rings. The molecule has 3 atom stereocenters. The van der Waals surface area contributed by atoms with Crippen molar-refractivity contribution in [3.8, 4) is 17.5 Å². The first-order valence-electron chi connectivity index (χ1n) is 11.3. The van der Waals surface area contributed by atoms with Gasteiger partial charge in [0, 0.05) is 24.9 Å². The molecule has 2 heterocycles. The van der Waals surface area contributed by atoms with E-state index in [2.05, 4.69) is 22.3 Å². The van der Waals surface area contributed by atoms with E-state index in [0.717, 1.165) is 23.1 Å². The van der Waals surface area contributed by atoms with E-state index >= 15 is 0 Å². The summed E-state index contributed by atoms with van der Waals surface area (Å²) in [7, 11) is 0. The lowest BCUT2D eigenvalue weighted by atomic mass is 9.93. The summed E-state index contributed by atoms with van der Waals surface area (Å²) in [5, 5.41) is 23.2. The Morgan fingerprint density at radius 3 is 2.94 bits per heavy atom. The molecule has 1 N–H and O–H groups in total. The van der Waals surface area contributed by atoms with Crippen LogP contribution in [0.3, 0.4) is 0 Å². The molecule has 170 valence electrons. The molecule has 5 rings (SSSR count). The Bertz CT molecular complexity index is 1190. The number of aliphatic hydroxyl groups excluding tert-OH is 1. The maximum atomic E-state index is 12.4. The van der Waals surface area contributed by atoms with Gasteiger partial charge in [0.05, 0.1) is 36.3 Å². The van der Waals surface area contributed by atoms with Crippen LogP contribution in [-0.4, -0.2) is 45.3 Å².